The quantitative estimate of drug-likeness (QED) is 0.472. The molecule has 2 aliphatic rings. The number of rotatable bonds is 3. The third-order valence-corrected chi connectivity index (χ3v) is 4.43. The first kappa shape index (κ1) is 14.4. The van der Waals surface area contributed by atoms with E-state index in [1.807, 2.05) is 0 Å². The zero-order valence-electron chi connectivity index (χ0n) is 10.3. The Bertz CT molecular complexity index is 312. The second kappa shape index (κ2) is 5.94. The van der Waals surface area contributed by atoms with Crippen LogP contribution in [0, 0.1) is 0 Å². The molecule has 0 bridgehead atoms. The fraction of sp³-hybridized carbons (Fsp3) is 0.833. The molecule has 104 valence electrons. The lowest BCUT2D eigenvalue weighted by atomic mass is 9.98. The van der Waals surface area contributed by atoms with Crippen LogP contribution in [0.5, 0.6) is 0 Å². The number of hydrogen-bond donors (Lipinski definition) is 2. The molecule has 0 aromatic rings. The van der Waals surface area contributed by atoms with Crippen molar-refractivity contribution in [2.45, 2.75) is 36.2 Å². The summed E-state index contributed by atoms with van der Waals surface area (Å²) in [5.74, 6) is -2.49. The number of piperidine rings is 1. The van der Waals surface area contributed by atoms with E-state index in [1.54, 1.807) is 0 Å². The molecule has 0 aromatic carbocycles. The summed E-state index contributed by atoms with van der Waals surface area (Å²) >= 11 is 3.50. The molecule has 3 N–H and O–H groups in total. The smallest absolute Gasteiger partial charge is 0.250 e. The van der Waals surface area contributed by atoms with E-state index in [0.29, 0.717) is 24.6 Å². The fourth-order valence-electron chi connectivity index (χ4n) is 2.59. The van der Waals surface area contributed by atoms with Gasteiger partial charge in [-0.3, -0.25) is 4.90 Å². The molecule has 0 spiro atoms. The van der Waals surface area contributed by atoms with Crippen LogP contribution in [0.2, 0.25) is 0 Å². The summed E-state index contributed by atoms with van der Waals surface area (Å²) < 4.78 is 26.3. The van der Waals surface area contributed by atoms with E-state index in [1.165, 1.54) is 5.57 Å². The summed E-state index contributed by atoms with van der Waals surface area (Å²) in [5.41, 5.74) is 7.06. The maximum Gasteiger partial charge on any atom is 0.250 e. The van der Waals surface area contributed by atoms with Crippen molar-refractivity contribution in [1.29, 1.82) is 0 Å². The number of likely N-dealkylation sites (tertiary alicyclic amines) is 1. The van der Waals surface area contributed by atoms with Crippen LogP contribution in [0.15, 0.2) is 11.6 Å². The Morgan fingerprint density at radius 2 is 2.17 bits per heavy atom. The summed E-state index contributed by atoms with van der Waals surface area (Å²) in [6.07, 6.45) is 2.99. The van der Waals surface area contributed by atoms with Crippen molar-refractivity contribution in [3.05, 3.63) is 11.6 Å². The summed E-state index contributed by atoms with van der Waals surface area (Å²) in [6.45, 7) is 2.14. The average molecular weight is 324 g/mol. The number of nitrogens with two attached hydrogens (primary N) is 1. The van der Waals surface area contributed by atoms with Crippen LogP contribution in [0.3, 0.4) is 0 Å². The number of nitrogens with one attached hydrogen (secondary N) is 1. The standard InChI is InChI=1S/C12H20BrF2N3/c13-11-2-1-9(8-17-11)10(7-16)18-5-3-12(14,15)4-6-18/h1,10-11,17H,2-8,16H2. The van der Waals surface area contributed by atoms with Crippen LogP contribution in [-0.4, -0.2) is 48.0 Å². The van der Waals surface area contributed by atoms with Crippen molar-refractivity contribution >= 4 is 15.9 Å². The number of nitrogens with zero attached hydrogens (tertiary/aromatic N) is 1. The van der Waals surface area contributed by atoms with Crippen molar-refractivity contribution in [2.24, 2.45) is 5.73 Å². The SMILES string of the molecule is NCC(C1=CCC(Br)NC1)N1CCC(F)(F)CC1. The van der Waals surface area contributed by atoms with E-state index in [9.17, 15) is 8.78 Å². The Hall–Kier alpha value is -0.0400. The Labute approximate surface area is 115 Å². The topological polar surface area (TPSA) is 41.3 Å². The van der Waals surface area contributed by atoms with Gasteiger partial charge in [0.2, 0.25) is 0 Å². The van der Waals surface area contributed by atoms with Gasteiger partial charge in [0, 0.05) is 45.1 Å². The molecule has 2 aliphatic heterocycles. The normalized spacial score (nSPS) is 30.9. The van der Waals surface area contributed by atoms with Gasteiger partial charge in [0.05, 0.1) is 4.95 Å². The largest absolute Gasteiger partial charge is 0.329 e. The molecule has 0 saturated carbocycles. The van der Waals surface area contributed by atoms with Crippen LogP contribution < -0.4 is 11.1 Å². The van der Waals surface area contributed by atoms with Gasteiger partial charge in [0.1, 0.15) is 0 Å². The molecule has 2 atom stereocenters. The first-order chi connectivity index (χ1) is 8.52. The molecule has 0 aliphatic carbocycles. The molecule has 0 amide bonds. The Morgan fingerprint density at radius 3 is 2.67 bits per heavy atom. The molecule has 2 heterocycles. The van der Waals surface area contributed by atoms with Gasteiger partial charge in [0.25, 0.3) is 5.92 Å². The minimum atomic E-state index is -2.49. The van der Waals surface area contributed by atoms with E-state index >= 15 is 0 Å². The molecule has 3 nitrogen and oxygen atoms in total. The molecule has 1 fully saturated rings. The van der Waals surface area contributed by atoms with E-state index in [-0.39, 0.29) is 18.9 Å². The van der Waals surface area contributed by atoms with Crippen LogP contribution in [-0.2, 0) is 0 Å². The van der Waals surface area contributed by atoms with Gasteiger partial charge in [-0.05, 0) is 12.0 Å². The van der Waals surface area contributed by atoms with Gasteiger partial charge in [-0.1, -0.05) is 22.0 Å². The van der Waals surface area contributed by atoms with Crippen LogP contribution in [0.25, 0.3) is 0 Å². The van der Waals surface area contributed by atoms with Gasteiger partial charge < -0.3 is 11.1 Å². The molecule has 6 heteroatoms. The summed E-state index contributed by atoms with van der Waals surface area (Å²) in [4.78, 5) is 2.41. The minimum absolute atomic E-state index is 0.0503. The van der Waals surface area contributed by atoms with E-state index in [4.69, 9.17) is 5.73 Å². The second-order valence-electron chi connectivity index (χ2n) is 5.01. The first-order valence-electron chi connectivity index (χ1n) is 6.40. The molecular weight excluding hydrogens is 304 g/mol. The highest BCUT2D eigenvalue weighted by Gasteiger charge is 2.36. The second-order valence-corrected chi connectivity index (χ2v) is 6.11. The Balaban J connectivity index is 1.97. The molecule has 0 aromatic heterocycles. The van der Waals surface area contributed by atoms with Crippen molar-refractivity contribution < 1.29 is 8.78 Å². The fourth-order valence-corrected chi connectivity index (χ4v) is 2.94. The molecular formula is C12H20BrF2N3. The maximum absolute atomic E-state index is 13.1. The van der Waals surface area contributed by atoms with Crippen molar-refractivity contribution in [3.63, 3.8) is 0 Å². The predicted molar refractivity (Wildman–Crippen MR) is 72.0 cm³/mol. The molecule has 0 radical (unpaired) electrons. The van der Waals surface area contributed by atoms with Crippen LogP contribution in [0.1, 0.15) is 19.3 Å². The molecule has 2 unspecified atom stereocenters. The van der Waals surface area contributed by atoms with Gasteiger partial charge in [0.15, 0.2) is 0 Å². The van der Waals surface area contributed by atoms with Gasteiger partial charge in [-0.25, -0.2) is 8.78 Å². The zero-order chi connectivity index (χ0) is 13.2. The van der Waals surface area contributed by atoms with Gasteiger partial charge in [-0.2, -0.15) is 0 Å². The van der Waals surface area contributed by atoms with Crippen LogP contribution in [0.4, 0.5) is 8.78 Å². The number of halogens is 3. The highest BCUT2D eigenvalue weighted by Crippen LogP contribution is 2.30. The highest BCUT2D eigenvalue weighted by molar-refractivity contribution is 9.09. The minimum Gasteiger partial charge on any atom is -0.329 e. The maximum atomic E-state index is 13.1. The third-order valence-electron chi connectivity index (χ3n) is 3.74. The van der Waals surface area contributed by atoms with Crippen LogP contribution >= 0.6 is 15.9 Å². The van der Waals surface area contributed by atoms with Crippen molar-refractivity contribution in [2.75, 3.05) is 26.2 Å². The highest BCUT2D eigenvalue weighted by atomic mass is 79.9. The van der Waals surface area contributed by atoms with Crippen molar-refractivity contribution in [3.8, 4) is 0 Å². The lowest BCUT2D eigenvalue weighted by molar-refractivity contribution is -0.0599. The predicted octanol–water partition coefficient (Wildman–Crippen LogP) is 1.69. The Kier molecular flexibility index (Phi) is 4.75. The molecule has 18 heavy (non-hydrogen) atoms. The lowest BCUT2D eigenvalue weighted by Crippen LogP contribution is -2.50. The zero-order valence-corrected chi connectivity index (χ0v) is 11.9. The van der Waals surface area contributed by atoms with Crippen molar-refractivity contribution in [1.82, 2.24) is 10.2 Å². The summed E-state index contributed by atoms with van der Waals surface area (Å²) in [5, 5.41) is 3.32. The third kappa shape index (κ3) is 3.50. The van der Waals surface area contributed by atoms with E-state index in [0.717, 1.165) is 13.0 Å². The van der Waals surface area contributed by atoms with Gasteiger partial charge >= 0.3 is 0 Å². The summed E-state index contributed by atoms with van der Waals surface area (Å²) in [7, 11) is 0. The Morgan fingerprint density at radius 1 is 1.50 bits per heavy atom. The average Bonchev–Trinajstić information content (AvgIpc) is 2.34. The summed E-state index contributed by atoms with van der Waals surface area (Å²) in [6, 6.07) is 0.105. The first-order valence-corrected chi connectivity index (χ1v) is 7.32. The lowest BCUT2D eigenvalue weighted by Gasteiger charge is -2.39. The number of hydrogen-bond acceptors (Lipinski definition) is 3. The number of alkyl halides is 3. The van der Waals surface area contributed by atoms with E-state index in [2.05, 4.69) is 32.2 Å². The molecule has 1 saturated heterocycles. The van der Waals surface area contributed by atoms with E-state index < -0.39 is 5.92 Å². The van der Waals surface area contributed by atoms with Gasteiger partial charge in [-0.15, -0.1) is 0 Å². The monoisotopic (exact) mass is 323 g/mol. The molecule has 2 rings (SSSR count).